The summed E-state index contributed by atoms with van der Waals surface area (Å²) < 4.78 is 10.3. The van der Waals surface area contributed by atoms with E-state index in [1.54, 1.807) is 43.1 Å². The van der Waals surface area contributed by atoms with Gasteiger partial charge in [-0.25, -0.2) is 0 Å². The van der Waals surface area contributed by atoms with Crippen molar-refractivity contribution in [3.05, 3.63) is 65.9 Å². The first-order valence-electron chi connectivity index (χ1n) is 8.93. The number of ether oxygens (including phenoxy) is 2. The zero-order chi connectivity index (χ0) is 19.5. The Labute approximate surface area is 166 Å². The fraction of sp³-hybridized carbons (Fsp3) is 0.238. The van der Waals surface area contributed by atoms with Gasteiger partial charge < -0.3 is 14.5 Å². The van der Waals surface area contributed by atoms with Gasteiger partial charge in [0.2, 0.25) is 0 Å². The van der Waals surface area contributed by atoms with Gasteiger partial charge in [0.1, 0.15) is 11.8 Å². The highest BCUT2D eigenvalue weighted by atomic mass is 32.2. The third kappa shape index (κ3) is 3.76. The quantitative estimate of drug-likeness (QED) is 0.492. The summed E-state index contributed by atoms with van der Waals surface area (Å²) in [6.07, 6.45) is 1.91. The average molecular weight is 396 g/mol. The van der Waals surface area contributed by atoms with Crippen molar-refractivity contribution in [2.45, 2.75) is 11.4 Å². The number of methoxy groups -OCH3 is 1. The molecule has 28 heavy (non-hydrogen) atoms. The fourth-order valence-electron chi connectivity index (χ4n) is 3.22. The number of aromatic amines is 1. The number of carbonyl (C=O) groups excluding carboxylic acids is 2. The van der Waals surface area contributed by atoms with Crippen molar-refractivity contribution in [2.75, 3.05) is 19.5 Å². The van der Waals surface area contributed by atoms with Crippen LogP contribution in [0.4, 0.5) is 0 Å². The molecule has 7 heteroatoms. The lowest BCUT2D eigenvalue weighted by Crippen LogP contribution is -2.36. The van der Waals surface area contributed by atoms with E-state index in [0.717, 1.165) is 16.5 Å². The number of aromatic nitrogens is 1. The van der Waals surface area contributed by atoms with Crippen LogP contribution in [0.25, 0.3) is 10.9 Å². The van der Waals surface area contributed by atoms with Gasteiger partial charge in [0.05, 0.1) is 12.5 Å². The van der Waals surface area contributed by atoms with Crippen LogP contribution >= 0.6 is 11.8 Å². The lowest BCUT2D eigenvalue weighted by molar-refractivity contribution is -0.144. The normalized spacial score (nSPS) is 18.9. The number of esters is 1. The summed E-state index contributed by atoms with van der Waals surface area (Å²) in [5, 5.41) is 4.46. The molecule has 0 amide bonds. The number of fused-ring (bicyclic) bond motifs is 1. The van der Waals surface area contributed by atoms with E-state index in [1.807, 2.05) is 24.4 Å². The Balaban J connectivity index is 1.34. The third-order valence-corrected chi connectivity index (χ3v) is 5.98. The van der Waals surface area contributed by atoms with Crippen LogP contribution in [0, 0.1) is 0 Å². The summed E-state index contributed by atoms with van der Waals surface area (Å²) in [6, 6.07) is 14.4. The molecule has 3 aromatic rings. The number of hydrogen-bond donors (Lipinski definition) is 2. The van der Waals surface area contributed by atoms with Crippen molar-refractivity contribution in [1.82, 2.24) is 10.3 Å². The van der Waals surface area contributed by atoms with Gasteiger partial charge in [-0.2, -0.15) is 0 Å². The Hall–Kier alpha value is -2.77. The topological polar surface area (TPSA) is 80.4 Å². The number of rotatable bonds is 6. The fourth-order valence-corrected chi connectivity index (χ4v) is 4.49. The van der Waals surface area contributed by atoms with E-state index in [9.17, 15) is 9.59 Å². The number of H-pyrrole nitrogens is 1. The molecule has 144 valence electrons. The summed E-state index contributed by atoms with van der Waals surface area (Å²) in [4.78, 5) is 27.8. The molecule has 2 atom stereocenters. The number of Topliss-reactive ketones (excluding diaryl/α,β-unsaturated/α-hetero) is 1. The zero-order valence-electron chi connectivity index (χ0n) is 15.3. The molecule has 1 aromatic heterocycles. The van der Waals surface area contributed by atoms with E-state index < -0.39 is 12.0 Å². The van der Waals surface area contributed by atoms with E-state index in [4.69, 9.17) is 9.47 Å². The molecule has 1 saturated heterocycles. The molecule has 1 fully saturated rings. The smallest absolute Gasteiger partial charge is 0.324 e. The van der Waals surface area contributed by atoms with E-state index in [2.05, 4.69) is 16.4 Å². The van der Waals surface area contributed by atoms with Gasteiger partial charge in [-0.15, -0.1) is 11.8 Å². The second-order valence-electron chi connectivity index (χ2n) is 6.48. The van der Waals surface area contributed by atoms with Gasteiger partial charge in [-0.1, -0.05) is 12.1 Å². The Morgan fingerprint density at radius 3 is 2.75 bits per heavy atom. The molecule has 1 aliphatic heterocycles. The summed E-state index contributed by atoms with van der Waals surface area (Å²) in [7, 11) is 1.56. The van der Waals surface area contributed by atoms with Gasteiger partial charge in [0, 0.05) is 28.4 Å². The van der Waals surface area contributed by atoms with Crippen LogP contribution in [0.5, 0.6) is 5.75 Å². The number of ketones is 1. The first-order valence-corrected chi connectivity index (χ1v) is 9.98. The molecule has 0 saturated carbocycles. The van der Waals surface area contributed by atoms with Crippen molar-refractivity contribution >= 4 is 34.4 Å². The van der Waals surface area contributed by atoms with Crippen molar-refractivity contribution in [3.63, 3.8) is 0 Å². The van der Waals surface area contributed by atoms with E-state index in [-0.39, 0.29) is 17.8 Å². The first kappa shape index (κ1) is 18.6. The highest BCUT2D eigenvalue weighted by Crippen LogP contribution is 2.36. The zero-order valence-corrected chi connectivity index (χ0v) is 16.1. The molecule has 0 spiro atoms. The largest absolute Gasteiger partial charge is 0.497 e. The monoisotopic (exact) mass is 396 g/mol. The van der Waals surface area contributed by atoms with Crippen LogP contribution in [0.15, 0.2) is 54.7 Å². The molecule has 0 aliphatic carbocycles. The molecule has 1 aliphatic rings. The Kier molecular flexibility index (Phi) is 5.36. The molecular weight excluding hydrogens is 376 g/mol. The van der Waals surface area contributed by atoms with Crippen molar-refractivity contribution in [3.8, 4) is 5.75 Å². The number of hydrogen-bond acceptors (Lipinski definition) is 6. The summed E-state index contributed by atoms with van der Waals surface area (Å²) in [5.41, 5.74) is 2.68. The maximum atomic E-state index is 12.4. The van der Waals surface area contributed by atoms with Crippen molar-refractivity contribution in [1.29, 1.82) is 0 Å². The van der Waals surface area contributed by atoms with Crippen molar-refractivity contribution < 1.29 is 19.1 Å². The highest BCUT2D eigenvalue weighted by Gasteiger charge is 2.32. The second-order valence-corrected chi connectivity index (χ2v) is 7.62. The van der Waals surface area contributed by atoms with Gasteiger partial charge in [0.25, 0.3) is 0 Å². The summed E-state index contributed by atoms with van der Waals surface area (Å²) >= 11 is 1.66. The van der Waals surface area contributed by atoms with Gasteiger partial charge in [-0.05, 0) is 42.0 Å². The lowest BCUT2D eigenvalue weighted by atomic mass is 10.1. The molecule has 0 unspecified atom stereocenters. The van der Waals surface area contributed by atoms with Crippen molar-refractivity contribution in [2.24, 2.45) is 0 Å². The summed E-state index contributed by atoms with van der Waals surface area (Å²) in [5.74, 6) is 0.624. The maximum Gasteiger partial charge on any atom is 0.324 e. The number of benzene rings is 2. The Bertz CT molecular complexity index is 999. The van der Waals surface area contributed by atoms with Crippen LogP contribution in [-0.2, 0) is 9.53 Å². The van der Waals surface area contributed by atoms with Crippen LogP contribution in [0.1, 0.15) is 21.3 Å². The number of carbonyl (C=O) groups is 2. The Morgan fingerprint density at radius 1 is 1.14 bits per heavy atom. The minimum absolute atomic E-state index is 0.00865. The van der Waals surface area contributed by atoms with Gasteiger partial charge in [0.15, 0.2) is 12.4 Å². The van der Waals surface area contributed by atoms with E-state index >= 15 is 0 Å². The Morgan fingerprint density at radius 2 is 1.96 bits per heavy atom. The first-order chi connectivity index (χ1) is 13.7. The molecule has 2 aromatic carbocycles. The van der Waals surface area contributed by atoms with Crippen LogP contribution < -0.4 is 10.1 Å². The lowest BCUT2D eigenvalue weighted by Gasteiger charge is -2.14. The van der Waals surface area contributed by atoms with Crippen LogP contribution in [0.2, 0.25) is 0 Å². The predicted octanol–water partition coefficient (Wildman–Crippen LogP) is 3.31. The average Bonchev–Trinajstić information content (AvgIpc) is 3.41. The maximum absolute atomic E-state index is 12.4. The third-order valence-electron chi connectivity index (χ3n) is 4.74. The van der Waals surface area contributed by atoms with Gasteiger partial charge in [-0.3, -0.25) is 14.9 Å². The van der Waals surface area contributed by atoms with E-state index in [0.29, 0.717) is 17.1 Å². The molecular formula is C21H20N2O4S. The molecule has 2 N–H and O–H groups in total. The summed E-state index contributed by atoms with van der Waals surface area (Å²) in [6.45, 7) is -0.272. The van der Waals surface area contributed by atoms with Gasteiger partial charge >= 0.3 is 5.97 Å². The SMILES string of the molecule is COc1ccc(C(=O)COC(=O)[C@@H]2CS[C@@H](c3cccc4[nH]ccc34)N2)cc1. The molecule has 0 radical (unpaired) electrons. The molecule has 4 rings (SSSR count). The van der Waals surface area contributed by atoms with Crippen LogP contribution in [-0.4, -0.2) is 42.2 Å². The number of thioether (sulfide) groups is 1. The minimum Gasteiger partial charge on any atom is -0.497 e. The minimum atomic E-state index is -0.437. The number of nitrogens with one attached hydrogen (secondary N) is 2. The molecule has 2 heterocycles. The predicted molar refractivity (Wildman–Crippen MR) is 109 cm³/mol. The second kappa shape index (κ2) is 8.08. The standard InChI is InChI=1S/C21H20N2O4S/c1-26-14-7-5-13(6-8-14)19(24)11-27-21(25)18-12-28-20(23-18)16-3-2-4-17-15(16)9-10-22-17/h2-10,18,20,22-23H,11-12H2,1H3/t18-,20-/m0/s1. The van der Waals surface area contributed by atoms with E-state index in [1.165, 1.54) is 0 Å². The van der Waals surface area contributed by atoms with Crippen LogP contribution in [0.3, 0.4) is 0 Å². The highest BCUT2D eigenvalue weighted by molar-refractivity contribution is 7.99. The molecule has 6 nitrogen and oxygen atoms in total. The molecule has 0 bridgehead atoms.